The molecule has 2 unspecified atom stereocenters. The van der Waals surface area contributed by atoms with E-state index in [2.05, 4.69) is 11.8 Å². The molecule has 1 aliphatic carbocycles. The van der Waals surface area contributed by atoms with E-state index in [-0.39, 0.29) is 0 Å². The van der Waals surface area contributed by atoms with Gasteiger partial charge < -0.3 is 0 Å². The van der Waals surface area contributed by atoms with Gasteiger partial charge in [0, 0.05) is 18.4 Å². The second kappa shape index (κ2) is 9.61. The quantitative estimate of drug-likeness (QED) is 0.560. The van der Waals surface area contributed by atoms with E-state index in [1.807, 2.05) is 0 Å². The van der Waals surface area contributed by atoms with Crippen molar-refractivity contribution in [2.24, 2.45) is 5.92 Å². The zero-order chi connectivity index (χ0) is 14.9. The van der Waals surface area contributed by atoms with Crippen molar-refractivity contribution in [2.75, 3.05) is 13.1 Å². The van der Waals surface area contributed by atoms with E-state index >= 15 is 0 Å². The van der Waals surface area contributed by atoms with Gasteiger partial charge in [-0.3, -0.25) is 9.69 Å². The van der Waals surface area contributed by atoms with Crippen LogP contribution in [0.2, 0.25) is 0 Å². The van der Waals surface area contributed by atoms with Crippen molar-refractivity contribution in [1.29, 1.82) is 0 Å². The molecular formula is C19H35NO. The van der Waals surface area contributed by atoms with E-state index in [9.17, 15) is 4.79 Å². The maximum Gasteiger partial charge on any atom is 0.137 e. The number of Topliss-reactive ketones (excluding diaryl/α,β-unsaturated/α-hetero) is 1. The van der Waals surface area contributed by atoms with Gasteiger partial charge in [0.1, 0.15) is 5.78 Å². The number of likely N-dealkylation sites (tertiary alicyclic amines) is 1. The summed E-state index contributed by atoms with van der Waals surface area (Å²) in [7, 11) is 0. The first-order chi connectivity index (χ1) is 10.3. The maximum absolute atomic E-state index is 12.2. The smallest absolute Gasteiger partial charge is 0.137 e. The van der Waals surface area contributed by atoms with Gasteiger partial charge in [0.15, 0.2) is 0 Å². The van der Waals surface area contributed by atoms with Gasteiger partial charge in [-0.15, -0.1) is 0 Å². The van der Waals surface area contributed by atoms with E-state index in [1.54, 1.807) is 0 Å². The van der Waals surface area contributed by atoms with Gasteiger partial charge in [-0.05, 0) is 45.2 Å². The van der Waals surface area contributed by atoms with Crippen molar-refractivity contribution in [1.82, 2.24) is 4.90 Å². The molecule has 1 heterocycles. The molecular weight excluding hydrogens is 258 g/mol. The fourth-order valence-corrected chi connectivity index (χ4v) is 4.27. The van der Waals surface area contributed by atoms with E-state index in [4.69, 9.17) is 0 Å². The number of unbranched alkanes of at least 4 members (excludes halogenated alkanes) is 6. The third-order valence-corrected chi connectivity index (χ3v) is 5.53. The average Bonchev–Trinajstić information content (AvgIpc) is 2.95. The molecule has 2 heteroatoms. The molecule has 0 amide bonds. The number of carbonyl (C=O) groups excluding carboxylic acids is 1. The number of nitrogens with zero attached hydrogens (tertiary/aromatic N) is 1. The second-order valence-electron chi connectivity index (χ2n) is 7.19. The summed E-state index contributed by atoms with van der Waals surface area (Å²) >= 11 is 0. The Balaban J connectivity index is 1.64. The normalized spacial score (nSPS) is 27.4. The molecule has 0 bridgehead atoms. The summed E-state index contributed by atoms with van der Waals surface area (Å²) < 4.78 is 0. The molecule has 2 nitrogen and oxygen atoms in total. The molecule has 1 saturated heterocycles. The summed E-state index contributed by atoms with van der Waals surface area (Å²) in [6, 6.07) is 0.595. The van der Waals surface area contributed by atoms with Crippen molar-refractivity contribution >= 4 is 5.78 Å². The van der Waals surface area contributed by atoms with Crippen LogP contribution in [-0.4, -0.2) is 29.8 Å². The van der Waals surface area contributed by atoms with Crippen LogP contribution >= 0.6 is 0 Å². The fourth-order valence-electron chi connectivity index (χ4n) is 4.27. The van der Waals surface area contributed by atoms with Crippen molar-refractivity contribution in [3.05, 3.63) is 0 Å². The van der Waals surface area contributed by atoms with Crippen molar-refractivity contribution in [3.63, 3.8) is 0 Å². The van der Waals surface area contributed by atoms with Crippen LogP contribution in [0.1, 0.15) is 90.4 Å². The molecule has 2 aliphatic rings. The number of carbonyl (C=O) groups is 1. The highest BCUT2D eigenvalue weighted by molar-refractivity contribution is 5.82. The molecule has 2 fully saturated rings. The van der Waals surface area contributed by atoms with E-state index < -0.39 is 0 Å². The van der Waals surface area contributed by atoms with Crippen molar-refractivity contribution in [2.45, 2.75) is 96.4 Å². The molecule has 1 aliphatic heterocycles. The third kappa shape index (κ3) is 5.39. The summed E-state index contributed by atoms with van der Waals surface area (Å²) in [6.45, 7) is 4.76. The Hall–Kier alpha value is -0.370. The minimum Gasteiger partial charge on any atom is -0.300 e. The summed E-state index contributed by atoms with van der Waals surface area (Å²) in [5.41, 5.74) is 0. The third-order valence-electron chi connectivity index (χ3n) is 5.53. The van der Waals surface area contributed by atoms with Crippen LogP contribution < -0.4 is 0 Å². The zero-order valence-electron chi connectivity index (χ0n) is 14.1. The summed E-state index contributed by atoms with van der Waals surface area (Å²) in [5, 5.41) is 0. The van der Waals surface area contributed by atoms with Crippen LogP contribution in [0.3, 0.4) is 0 Å². The highest BCUT2D eigenvalue weighted by Crippen LogP contribution is 2.32. The van der Waals surface area contributed by atoms with Gasteiger partial charge in [0.2, 0.25) is 0 Å². The summed E-state index contributed by atoms with van der Waals surface area (Å²) in [5.74, 6) is 0.948. The first kappa shape index (κ1) is 17.0. The largest absolute Gasteiger partial charge is 0.300 e. The second-order valence-corrected chi connectivity index (χ2v) is 7.19. The van der Waals surface area contributed by atoms with E-state index in [0.29, 0.717) is 17.7 Å². The molecule has 0 radical (unpaired) electrons. The number of ketones is 1. The van der Waals surface area contributed by atoms with Crippen LogP contribution in [0.25, 0.3) is 0 Å². The Bertz CT molecular complexity index is 302. The Morgan fingerprint density at radius 1 is 0.952 bits per heavy atom. The predicted molar refractivity (Wildman–Crippen MR) is 89.6 cm³/mol. The molecule has 21 heavy (non-hydrogen) atoms. The van der Waals surface area contributed by atoms with Gasteiger partial charge in [-0.2, -0.15) is 0 Å². The lowest BCUT2D eigenvalue weighted by Crippen LogP contribution is -2.41. The highest BCUT2D eigenvalue weighted by Gasteiger charge is 2.36. The van der Waals surface area contributed by atoms with Crippen LogP contribution in [0.15, 0.2) is 0 Å². The molecule has 0 spiro atoms. The molecule has 0 aromatic rings. The molecule has 0 aromatic heterocycles. The molecule has 2 atom stereocenters. The van der Waals surface area contributed by atoms with Crippen LogP contribution in [-0.2, 0) is 4.79 Å². The van der Waals surface area contributed by atoms with Crippen LogP contribution in [0, 0.1) is 5.92 Å². The molecule has 122 valence electrons. The monoisotopic (exact) mass is 293 g/mol. The Morgan fingerprint density at radius 3 is 2.48 bits per heavy atom. The minimum absolute atomic E-state index is 0.380. The van der Waals surface area contributed by atoms with E-state index in [0.717, 1.165) is 19.3 Å². The first-order valence-electron chi connectivity index (χ1n) is 9.59. The molecule has 0 aromatic carbocycles. The lowest BCUT2D eigenvalue weighted by molar-refractivity contribution is -0.126. The van der Waals surface area contributed by atoms with E-state index in [1.165, 1.54) is 77.3 Å². The van der Waals surface area contributed by atoms with Crippen molar-refractivity contribution < 1.29 is 4.79 Å². The van der Waals surface area contributed by atoms with Gasteiger partial charge >= 0.3 is 0 Å². The standard InChI is InChI=1S/C19H35NO/c1-2-3-4-5-6-7-10-15-20-16-11-13-18(20)17-12-8-9-14-19(17)21/h17-18H,2-16H2,1H3. The molecule has 2 rings (SSSR count). The number of hydrogen-bond donors (Lipinski definition) is 0. The number of hydrogen-bond acceptors (Lipinski definition) is 2. The Labute approximate surface area is 131 Å². The lowest BCUT2D eigenvalue weighted by Gasteiger charge is -2.33. The minimum atomic E-state index is 0.380. The van der Waals surface area contributed by atoms with Crippen LogP contribution in [0.4, 0.5) is 0 Å². The highest BCUT2D eigenvalue weighted by atomic mass is 16.1. The number of rotatable bonds is 9. The van der Waals surface area contributed by atoms with Gasteiger partial charge in [-0.25, -0.2) is 0 Å². The van der Waals surface area contributed by atoms with Gasteiger partial charge in [0.05, 0.1) is 0 Å². The zero-order valence-corrected chi connectivity index (χ0v) is 14.1. The van der Waals surface area contributed by atoms with Gasteiger partial charge in [0.25, 0.3) is 0 Å². The lowest BCUT2D eigenvalue weighted by atomic mass is 9.82. The maximum atomic E-state index is 12.2. The Kier molecular flexibility index (Phi) is 7.77. The predicted octanol–water partition coefficient (Wildman–Crippen LogP) is 4.96. The van der Waals surface area contributed by atoms with Crippen LogP contribution in [0.5, 0.6) is 0 Å². The summed E-state index contributed by atoms with van der Waals surface area (Å²) in [4.78, 5) is 14.8. The summed E-state index contributed by atoms with van der Waals surface area (Å²) in [6.07, 6.45) is 16.7. The fraction of sp³-hybridized carbons (Fsp3) is 0.947. The average molecular weight is 293 g/mol. The first-order valence-corrected chi connectivity index (χ1v) is 9.59. The van der Waals surface area contributed by atoms with Gasteiger partial charge in [-0.1, -0.05) is 51.9 Å². The Morgan fingerprint density at radius 2 is 1.71 bits per heavy atom. The topological polar surface area (TPSA) is 20.3 Å². The SMILES string of the molecule is CCCCCCCCCN1CCCC1C1CCCCC1=O. The molecule has 0 N–H and O–H groups in total. The van der Waals surface area contributed by atoms with Crippen molar-refractivity contribution in [3.8, 4) is 0 Å². The molecule has 1 saturated carbocycles.